The van der Waals surface area contributed by atoms with Crippen molar-refractivity contribution < 1.29 is 9.47 Å². The highest BCUT2D eigenvalue weighted by Gasteiger charge is 2.22. The second-order valence-corrected chi connectivity index (χ2v) is 5.05. The van der Waals surface area contributed by atoms with Crippen molar-refractivity contribution in [2.45, 2.75) is 31.9 Å². The number of para-hydroxylation sites is 2. The van der Waals surface area contributed by atoms with Gasteiger partial charge in [0.1, 0.15) is 5.75 Å². The first-order chi connectivity index (χ1) is 9.20. The van der Waals surface area contributed by atoms with Crippen molar-refractivity contribution >= 4 is 23.0 Å². The minimum Gasteiger partial charge on any atom is -0.495 e. The zero-order chi connectivity index (χ0) is 13.7. The molecule has 1 aromatic carbocycles. The number of methoxy groups -OCH3 is 1. The molecule has 0 aromatic heterocycles. The van der Waals surface area contributed by atoms with Crippen molar-refractivity contribution in [1.82, 2.24) is 5.32 Å². The predicted octanol–water partition coefficient (Wildman–Crippen LogP) is 2.55. The van der Waals surface area contributed by atoms with E-state index in [1.807, 2.05) is 24.3 Å². The molecule has 4 nitrogen and oxygen atoms in total. The van der Waals surface area contributed by atoms with Gasteiger partial charge < -0.3 is 20.1 Å². The molecule has 0 aliphatic carbocycles. The Hall–Kier alpha value is -1.33. The lowest BCUT2D eigenvalue weighted by atomic mass is 10.1. The van der Waals surface area contributed by atoms with Crippen LogP contribution in [0.3, 0.4) is 0 Å². The number of hydrogen-bond donors (Lipinski definition) is 2. The highest BCUT2D eigenvalue weighted by atomic mass is 32.1. The number of benzene rings is 1. The second-order valence-electron chi connectivity index (χ2n) is 4.64. The number of anilines is 1. The SMILES string of the molecule is COc1ccccc1NC(=S)N[C@H](C)[C@H]1CCCO1. The maximum absolute atomic E-state index is 5.64. The van der Waals surface area contributed by atoms with Crippen LogP contribution in [0.5, 0.6) is 5.75 Å². The summed E-state index contributed by atoms with van der Waals surface area (Å²) >= 11 is 5.32. The normalized spacial score (nSPS) is 19.8. The Kier molecular flexibility index (Phi) is 4.99. The fourth-order valence-electron chi connectivity index (χ4n) is 2.20. The van der Waals surface area contributed by atoms with Crippen molar-refractivity contribution in [2.75, 3.05) is 19.0 Å². The third-order valence-corrected chi connectivity index (χ3v) is 3.46. The Labute approximate surface area is 119 Å². The molecule has 2 atom stereocenters. The van der Waals surface area contributed by atoms with Crippen molar-refractivity contribution in [3.63, 3.8) is 0 Å². The van der Waals surface area contributed by atoms with Crippen molar-refractivity contribution in [2.24, 2.45) is 0 Å². The average Bonchev–Trinajstić information content (AvgIpc) is 2.93. The first kappa shape index (κ1) is 14.1. The zero-order valence-corrected chi connectivity index (χ0v) is 12.1. The van der Waals surface area contributed by atoms with Gasteiger partial charge in [0.25, 0.3) is 0 Å². The molecule has 19 heavy (non-hydrogen) atoms. The van der Waals surface area contributed by atoms with Crippen LogP contribution in [0, 0.1) is 0 Å². The number of ether oxygens (including phenoxy) is 2. The quantitative estimate of drug-likeness (QED) is 0.830. The minimum absolute atomic E-state index is 0.206. The number of nitrogens with one attached hydrogen (secondary N) is 2. The molecule has 1 fully saturated rings. The van der Waals surface area contributed by atoms with Crippen molar-refractivity contribution in [3.05, 3.63) is 24.3 Å². The molecule has 1 saturated heterocycles. The number of rotatable bonds is 4. The average molecular weight is 280 g/mol. The second kappa shape index (κ2) is 6.73. The molecular formula is C14H20N2O2S. The summed E-state index contributed by atoms with van der Waals surface area (Å²) < 4.78 is 10.9. The van der Waals surface area contributed by atoms with E-state index in [0.717, 1.165) is 30.9 Å². The standard InChI is InChI=1S/C14H20N2O2S/c1-10(12-8-5-9-18-12)15-14(19)16-11-6-3-4-7-13(11)17-2/h3-4,6-7,10,12H,5,8-9H2,1-2H3,(H2,15,16,19)/t10-,12-/m1/s1. The summed E-state index contributed by atoms with van der Waals surface area (Å²) in [5, 5.41) is 7.01. The lowest BCUT2D eigenvalue weighted by Gasteiger charge is -2.22. The van der Waals surface area contributed by atoms with Gasteiger partial charge in [0.2, 0.25) is 0 Å². The van der Waals surface area contributed by atoms with Crippen LogP contribution in [0.1, 0.15) is 19.8 Å². The van der Waals surface area contributed by atoms with E-state index in [4.69, 9.17) is 21.7 Å². The van der Waals surface area contributed by atoms with Gasteiger partial charge in [-0.2, -0.15) is 0 Å². The van der Waals surface area contributed by atoms with Crippen LogP contribution in [-0.4, -0.2) is 31.0 Å². The molecule has 2 N–H and O–H groups in total. The monoisotopic (exact) mass is 280 g/mol. The molecular weight excluding hydrogens is 260 g/mol. The molecule has 1 aliphatic rings. The first-order valence-corrected chi connectivity index (χ1v) is 6.93. The molecule has 1 aliphatic heterocycles. The summed E-state index contributed by atoms with van der Waals surface area (Å²) in [6, 6.07) is 7.90. The van der Waals surface area contributed by atoms with Gasteiger partial charge in [-0.25, -0.2) is 0 Å². The third-order valence-electron chi connectivity index (χ3n) is 3.24. The van der Waals surface area contributed by atoms with E-state index in [-0.39, 0.29) is 12.1 Å². The summed E-state index contributed by atoms with van der Waals surface area (Å²) in [6.07, 6.45) is 2.46. The van der Waals surface area contributed by atoms with Crippen LogP contribution < -0.4 is 15.4 Å². The third kappa shape index (κ3) is 3.81. The van der Waals surface area contributed by atoms with Gasteiger partial charge in [-0.05, 0) is 44.1 Å². The van der Waals surface area contributed by atoms with Gasteiger partial charge >= 0.3 is 0 Å². The maximum atomic E-state index is 5.64. The lowest BCUT2D eigenvalue weighted by Crippen LogP contribution is -2.42. The molecule has 104 valence electrons. The summed E-state index contributed by atoms with van der Waals surface area (Å²) in [5.74, 6) is 0.774. The summed E-state index contributed by atoms with van der Waals surface area (Å²) in [6.45, 7) is 2.94. The molecule has 0 spiro atoms. The molecule has 0 radical (unpaired) electrons. The van der Waals surface area contributed by atoms with E-state index in [2.05, 4.69) is 17.6 Å². The van der Waals surface area contributed by atoms with E-state index >= 15 is 0 Å². The minimum atomic E-state index is 0.206. The molecule has 0 amide bonds. The Bertz CT molecular complexity index is 433. The molecule has 0 saturated carbocycles. The van der Waals surface area contributed by atoms with Crippen molar-refractivity contribution in [1.29, 1.82) is 0 Å². The number of thiocarbonyl (C=S) groups is 1. The molecule has 1 aromatic rings. The highest BCUT2D eigenvalue weighted by molar-refractivity contribution is 7.80. The van der Waals surface area contributed by atoms with Gasteiger partial charge in [0.05, 0.1) is 24.9 Å². The molecule has 5 heteroatoms. The smallest absolute Gasteiger partial charge is 0.171 e. The van der Waals surface area contributed by atoms with E-state index in [1.165, 1.54) is 0 Å². The summed E-state index contributed by atoms with van der Waals surface area (Å²) in [4.78, 5) is 0. The van der Waals surface area contributed by atoms with E-state index < -0.39 is 0 Å². The van der Waals surface area contributed by atoms with Gasteiger partial charge in [0, 0.05) is 6.61 Å². The molecule has 0 bridgehead atoms. The Morgan fingerprint density at radius 2 is 2.26 bits per heavy atom. The molecule has 0 unspecified atom stereocenters. The fraction of sp³-hybridized carbons (Fsp3) is 0.500. The first-order valence-electron chi connectivity index (χ1n) is 6.53. The van der Waals surface area contributed by atoms with Crippen LogP contribution in [0.4, 0.5) is 5.69 Å². The number of hydrogen-bond acceptors (Lipinski definition) is 3. The van der Waals surface area contributed by atoms with Crippen molar-refractivity contribution in [3.8, 4) is 5.75 Å². The van der Waals surface area contributed by atoms with Crippen LogP contribution in [0.25, 0.3) is 0 Å². The fourth-order valence-corrected chi connectivity index (χ4v) is 2.50. The maximum Gasteiger partial charge on any atom is 0.171 e. The van der Waals surface area contributed by atoms with Crippen LogP contribution in [-0.2, 0) is 4.74 Å². The Morgan fingerprint density at radius 3 is 2.95 bits per heavy atom. The van der Waals surface area contributed by atoms with Gasteiger partial charge in [0.15, 0.2) is 5.11 Å². The van der Waals surface area contributed by atoms with Gasteiger partial charge in [-0.15, -0.1) is 0 Å². The summed E-state index contributed by atoms with van der Waals surface area (Å²) in [5.41, 5.74) is 0.863. The predicted molar refractivity (Wildman–Crippen MR) is 80.8 cm³/mol. The van der Waals surface area contributed by atoms with E-state index in [1.54, 1.807) is 7.11 Å². The van der Waals surface area contributed by atoms with Gasteiger partial charge in [-0.1, -0.05) is 12.1 Å². The van der Waals surface area contributed by atoms with Gasteiger partial charge in [-0.3, -0.25) is 0 Å². The van der Waals surface area contributed by atoms with Crippen LogP contribution in [0.2, 0.25) is 0 Å². The zero-order valence-electron chi connectivity index (χ0n) is 11.3. The highest BCUT2D eigenvalue weighted by Crippen LogP contribution is 2.23. The molecule has 1 heterocycles. The Morgan fingerprint density at radius 1 is 1.47 bits per heavy atom. The topological polar surface area (TPSA) is 42.5 Å². The summed E-state index contributed by atoms with van der Waals surface area (Å²) in [7, 11) is 1.64. The van der Waals surface area contributed by atoms with E-state index in [0.29, 0.717) is 5.11 Å². The van der Waals surface area contributed by atoms with Crippen LogP contribution in [0.15, 0.2) is 24.3 Å². The lowest BCUT2D eigenvalue weighted by molar-refractivity contribution is 0.0895. The van der Waals surface area contributed by atoms with Crippen LogP contribution >= 0.6 is 12.2 Å². The largest absolute Gasteiger partial charge is 0.495 e. The van der Waals surface area contributed by atoms with E-state index in [9.17, 15) is 0 Å². The molecule has 2 rings (SSSR count). The Balaban J connectivity index is 1.89.